The van der Waals surface area contributed by atoms with Crippen LogP contribution in [0.1, 0.15) is 25.8 Å². The predicted octanol–water partition coefficient (Wildman–Crippen LogP) is 3.32. The monoisotopic (exact) mass is 417 g/mol. The summed E-state index contributed by atoms with van der Waals surface area (Å²) in [4.78, 5) is 36.3. The molecule has 1 saturated heterocycles. The van der Waals surface area contributed by atoms with Crippen molar-refractivity contribution in [3.63, 3.8) is 0 Å². The Morgan fingerprint density at radius 3 is 2.60 bits per heavy atom. The van der Waals surface area contributed by atoms with E-state index in [0.29, 0.717) is 5.56 Å². The zero-order valence-electron chi connectivity index (χ0n) is 16.5. The predicted molar refractivity (Wildman–Crippen MR) is 106 cm³/mol. The molecule has 1 aliphatic heterocycles. The second-order valence-corrected chi connectivity index (χ2v) is 7.88. The number of anilines is 1. The van der Waals surface area contributed by atoms with Gasteiger partial charge in [0.15, 0.2) is 0 Å². The molecule has 2 aromatic rings. The Kier molecular flexibility index (Phi) is 5.82. The van der Waals surface area contributed by atoms with Gasteiger partial charge in [-0.3, -0.25) is 19.7 Å². The Labute approximate surface area is 171 Å². The molecule has 2 aromatic carbocycles. The van der Waals surface area contributed by atoms with Crippen molar-refractivity contribution in [1.82, 2.24) is 5.32 Å². The number of benzene rings is 2. The molecule has 2 amide bonds. The number of nitrogens with zero attached hydrogens (tertiary/aromatic N) is 2. The summed E-state index contributed by atoms with van der Waals surface area (Å²) >= 11 is 0. The van der Waals surface area contributed by atoms with Crippen molar-refractivity contribution >= 4 is 23.2 Å². The molecular formula is C21H21F2N3O4. The SMILES string of the molecule is CC(C)(CNC(=O)C1CC(=O)N(c2ccc(F)c([N+](=O)[O-])c2)C1)c1ccccc1F. The van der Waals surface area contributed by atoms with Crippen molar-refractivity contribution in [2.24, 2.45) is 5.92 Å². The molecule has 0 radical (unpaired) electrons. The summed E-state index contributed by atoms with van der Waals surface area (Å²) in [5, 5.41) is 13.7. The fraction of sp³-hybridized carbons (Fsp3) is 0.333. The van der Waals surface area contributed by atoms with E-state index in [0.717, 1.165) is 12.1 Å². The molecule has 0 aliphatic carbocycles. The molecule has 1 aliphatic rings. The topological polar surface area (TPSA) is 92.6 Å². The van der Waals surface area contributed by atoms with Gasteiger partial charge < -0.3 is 10.2 Å². The van der Waals surface area contributed by atoms with Gasteiger partial charge in [0.25, 0.3) is 0 Å². The first kappa shape index (κ1) is 21.4. The van der Waals surface area contributed by atoms with E-state index in [1.807, 2.05) is 0 Å². The smallest absolute Gasteiger partial charge is 0.306 e. The summed E-state index contributed by atoms with van der Waals surface area (Å²) in [6.45, 7) is 3.79. The quantitative estimate of drug-likeness (QED) is 0.577. The molecule has 1 N–H and O–H groups in total. The number of rotatable bonds is 6. The Balaban J connectivity index is 1.68. The van der Waals surface area contributed by atoms with Crippen molar-refractivity contribution in [2.45, 2.75) is 25.7 Å². The van der Waals surface area contributed by atoms with Crippen LogP contribution in [0.15, 0.2) is 42.5 Å². The highest BCUT2D eigenvalue weighted by Crippen LogP contribution is 2.30. The minimum Gasteiger partial charge on any atom is -0.355 e. The highest BCUT2D eigenvalue weighted by atomic mass is 19.1. The highest BCUT2D eigenvalue weighted by molar-refractivity contribution is 6.00. The molecule has 0 aromatic heterocycles. The second kappa shape index (κ2) is 8.17. The van der Waals surface area contributed by atoms with Gasteiger partial charge in [-0.2, -0.15) is 4.39 Å². The Bertz CT molecular complexity index is 1010. The van der Waals surface area contributed by atoms with E-state index in [9.17, 15) is 28.5 Å². The Morgan fingerprint density at radius 2 is 1.93 bits per heavy atom. The van der Waals surface area contributed by atoms with E-state index in [1.165, 1.54) is 17.0 Å². The first-order valence-corrected chi connectivity index (χ1v) is 9.37. The van der Waals surface area contributed by atoms with E-state index < -0.39 is 27.8 Å². The lowest BCUT2D eigenvalue weighted by Crippen LogP contribution is -2.40. The molecular weight excluding hydrogens is 396 g/mol. The molecule has 1 atom stereocenters. The highest BCUT2D eigenvalue weighted by Gasteiger charge is 2.36. The van der Waals surface area contributed by atoms with Gasteiger partial charge in [-0.25, -0.2) is 4.39 Å². The van der Waals surface area contributed by atoms with Gasteiger partial charge in [-0.05, 0) is 23.8 Å². The minimum absolute atomic E-state index is 0.0214. The third-order valence-corrected chi connectivity index (χ3v) is 5.24. The summed E-state index contributed by atoms with van der Waals surface area (Å²) in [6, 6.07) is 9.49. The maximum atomic E-state index is 14.1. The van der Waals surface area contributed by atoms with Crippen LogP contribution in [-0.2, 0) is 15.0 Å². The van der Waals surface area contributed by atoms with E-state index in [-0.39, 0.29) is 42.8 Å². The lowest BCUT2D eigenvalue weighted by atomic mass is 9.84. The number of carbonyl (C=O) groups excluding carboxylic acids is 2. The summed E-state index contributed by atoms with van der Waals surface area (Å²) < 4.78 is 27.6. The van der Waals surface area contributed by atoms with Crippen LogP contribution < -0.4 is 10.2 Å². The zero-order valence-corrected chi connectivity index (χ0v) is 16.5. The zero-order chi connectivity index (χ0) is 22.1. The number of amides is 2. The summed E-state index contributed by atoms with van der Waals surface area (Å²) in [7, 11) is 0. The van der Waals surface area contributed by atoms with Gasteiger partial charge in [-0.1, -0.05) is 32.0 Å². The van der Waals surface area contributed by atoms with Crippen LogP contribution in [0, 0.1) is 27.7 Å². The van der Waals surface area contributed by atoms with Crippen LogP contribution in [0.25, 0.3) is 0 Å². The van der Waals surface area contributed by atoms with Gasteiger partial charge >= 0.3 is 5.69 Å². The molecule has 30 heavy (non-hydrogen) atoms. The fourth-order valence-electron chi connectivity index (χ4n) is 3.50. The molecule has 1 heterocycles. The molecule has 0 saturated carbocycles. The van der Waals surface area contributed by atoms with E-state index >= 15 is 0 Å². The lowest BCUT2D eigenvalue weighted by molar-refractivity contribution is -0.387. The van der Waals surface area contributed by atoms with E-state index in [2.05, 4.69) is 5.32 Å². The van der Waals surface area contributed by atoms with E-state index in [4.69, 9.17) is 0 Å². The van der Waals surface area contributed by atoms with Crippen LogP contribution >= 0.6 is 0 Å². The number of nitro groups is 1. The van der Waals surface area contributed by atoms with Crippen molar-refractivity contribution in [3.8, 4) is 0 Å². The standard InChI is InChI=1S/C21H21F2N3O4/c1-21(2,15-5-3-4-6-16(15)22)12-24-20(28)13-9-19(27)25(11-13)14-7-8-17(23)18(10-14)26(29)30/h3-8,10,13H,9,11-12H2,1-2H3,(H,24,28). The molecule has 7 nitrogen and oxygen atoms in total. The van der Waals surface area contributed by atoms with Crippen LogP contribution in [0.5, 0.6) is 0 Å². The van der Waals surface area contributed by atoms with E-state index in [1.54, 1.807) is 32.0 Å². The Morgan fingerprint density at radius 1 is 1.23 bits per heavy atom. The average Bonchev–Trinajstić information content (AvgIpc) is 3.08. The number of halogens is 2. The second-order valence-electron chi connectivity index (χ2n) is 7.88. The summed E-state index contributed by atoms with van der Waals surface area (Å²) in [5.41, 5.74) is -0.774. The normalized spacial score (nSPS) is 16.6. The third-order valence-electron chi connectivity index (χ3n) is 5.24. The van der Waals surface area contributed by atoms with Gasteiger partial charge in [0, 0.05) is 31.0 Å². The largest absolute Gasteiger partial charge is 0.355 e. The van der Waals surface area contributed by atoms with Crippen molar-refractivity contribution in [3.05, 3.63) is 69.8 Å². The van der Waals surface area contributed by atoms with Gasteiger partial charge in [0.2, 0.25) is 17.6 Å². The molecule has 158 valence electrons. The maximum absolute atomic E-state index is 14.1. The van der Waals surface area contributed by atoms with Crippen LogP contribution in [0.2, 0.25) is 0 Å². The minimum atomic E-state index is -1.000. The van der Waals surface area contributed by atoms with Crippen molar-refractivity contribution in [2.75, 3.05) is 18.0 Å². The van der Waals surface area contributed by atoms with Crippen LogP contribution in [0.4, 0.5) is 20.2 Å². The molecule has 0 spiro atoms. The average molecular weight is 417 g/mol. The number of nitro benzene ring substituents is 1. The lowest BCUT2D eigenvalue weighted by Gasteiger charge is -2.26. The molecule has 0 bridgehead atoms. The third kappa shape index (κ3) is 4.29. The first-order valence-electron chi connectivity index (χ1n) is 9.37. The molecule has 1 unspecified atom stereocenters. The fourth-order valence-corrected chi connectivity index (χ4v) is 3.50. The number of carbonyl (C=O) groups is 2. The van der Waals surface area contributed by atoms with Gasteiger partial charge in [0.1, 0.15) is 5.82 Å². The Hall–Kier alpha value is -3.36. The van der Waals surface area contributed by atoms with Gasteiger partial charge in [-0.15, -0.1) is 0 Å². The van der Waals surface area contributed by atoms with Crippen molar-refractivity contribution in [1.29, 1.82) is 0 Å². The molecule has 3 rings (SSSR count). The summed E-state index contributed by atoms with van der Waals surface area (Å²) in [5.74, 6) is -2.79. The van der Waals surface area contributed by atoms with Gasteiger partial charge in [0.05, 0.1) is 16.5 Å². The number of hydrogen-bond donors (Lipinski definition) is 1. The number of hydrogen-bond acceptors (Lipinski definition) is 4. The first-order chi connectivity index (χ1) is 14.1. The molecule has 9 heteroatoms. The molecule has 1 fully saturated rings. The van der Waals surface area contributed by atoms with Crippen LogP contribution in [-0.4, -0.2) is 29.8 Å². The number of nitrogens with one attached hydrogen (secondary N) is 1. The van der Waals surface area contributed by atoms with Crippen molar-refractivity contribution < 1.29 is 23.3 Å². The summed E-state index contributed by atoms with van der Waals surface area (Å²) in [6.07, 6.45) is -0.0723. The van der Waals surface area contributed by atoms with Crippen LogP contribution in [0.3, 0.4) is 0 Å². The maximum Gasteiger partial charge on any atom is 0.306 e.